The van der Waals surface area contributed by atoms with E-state index in [0.717, 1.165) is 5.69 Å². The van der Waals surface area contributed by atoms with Gasteiger partial charge in [-0.25, -0.2) is 5.43 Å². The van der Waals surface area contributed by atoms with Gasteiger partial charge in [-0.1, -0.05) is 18.2 Å². The number of hydrogen-bond donors (Lipinski definition) is 1. The first-order valence-electron chi connectivity index (χ1n) is 5.73. The Bertz CT molecular complexity index is 403. The van der Waals surface area contributed by atoms with Crippen molar-refractivity contribution in [3.63, 3.8) is 0 Å². The average molecular weight is 234 g/mol. The van der Waals surface area contributed by atoms with Gasteiger partial charge in [-0.2, -0.15) is 0 Å². The number of methoxy groups -OCH3 is 1. The van der Waals surface area contributed by atoms with Crippen LogP contribution < -0.4 is 10.4 Å². The highest BCUT2D eigenvalue weighted by atomic mass is 16.5. The van der Waals surface area contributed by atoms with E-state index in [1.807, 2.05) is 49.2 Å². The molecule has 1 N–H and O–H groups in total. The third-order valence-corrected chi connectivity index (χ3v) is 3.21. The fourth-order valence-corrected chi connectivity index (χ4v) is 2.17. The molecule has 1 aliphatic rings. The maximum atomic E-state index is 11.7. The number of nitrogens with zero attached hydrogens (tertiary/aromatic N) is 1. The Kier molecular flexibility index (Phi) is 3.07. The lowest BCUT2D eigenvalue weighted by atomic mass is 9.90. The maximum absolute atomic E-state index is 11.7. The molecule has 1 atom stereocenters. The number of carbonyl (C=O) groups is 1. The zero-order valence-corrected chi connectivity index (χ0v) is 10.4. The number of carbonyl (C=O) groups excluding carboxylic acids is 1. The summed E-state index contributed by atoms with van der Waals surface area (Å²) in [4.78, 5) is 11.7. The number of anilines is 1. The molecule has 1 unspecified atom stereocenters. The lowest BCUT2D eigenvalue weighted by Gasteiger charge is -2.25. The number of hydrogen-bond acceptors (Lipinski definition) is 4. The number of ether oxygens (including phenoxy) is 1. The minimum Gasteiger partial charge on any atom is -0.469 e. The summed E-state index contributed by atoms with van der Waals surface area (Å²) in [5.74, 6) is -0.325. The van der Waals surface area contributed by atoms with Crippen molar-refractivity contribution < 1.29 is 9.53 Å². The van der Waals surface area contributed by atoms with Gasteiger partial charge in [0, 0.05) is 12.1 Å². The fraction of sp³-hybridized carbons (Fsp3) is 0.462. The van der Waals surface area contributed by atoms with Gasteiger partial charge in [0.25, 0.3) is 0 Å². The molecule has 4 heteroatoms. The molecule has 0 saturated carbocycles. The molecule has 1 aromatic rings. The summed E-state index contributed by atoms with van der Waals surface area (Å²) in [6.45, 7) is 4.65. The van der Waals surface area contributed by atoms with Crippen LogP contribution in [0.3, 0.4) is 0 Å². The summed E-state index contributed by atoms with van der Waals surface area (Å²) >= 11 is 0. The van der Waals surface area contributed by atoms with Crippen molar-refractivity contribution >= 4 is 11.7 Å². The first-order chi connectivity index (χ1) is 8.04. The Balaban J connectivity index is 2.19. The standard InChI is InChI=1S/C13H18N2O2/c1-13(2)11(12(16)17-3)9-15(14-13)10-7-5-4-6-8-10/h4-8,11,14H,9H2,1-3H3. The van der Waals surface area contributed by atoms with E-state index in [1.165, 1.54) is 7.11 Å². The third-order valence-electron chi connectivity index (χ3n) is 3.21. The fourth-order valence-electron chi connectivity index (χ4n) is 2.17. The number of esters is 1. The SMILES string of the molecule is COC(=O)C1CN(c2ccccc2)NC1(C)C. The van der Waals surface area contributed by atoms with Gasteiger partial charge in [0.1, 0.15) is 0 Å². The van der Waals surface area contributed by atoms with Gasteiger partial charge < -0.3 is 9.75 Å². The van der Waals surface area contributed by atoms with Gasteiger partial charge in [-0.3, -0.25) is 4.79 Å². The van der Waals surface area contributed by atoms with Gasteiger partial charge in [0.05, 0.1) is 18.7 Å². The Morgan fingerprint density at radius 1 is 1.41 bits per heavy atom. The van der Waals surface area contributed by atoms with Crippen molar-refractivity contribution in [2.75, 3.05) is 18.7 Å². The molecule has 92 valence electrons. The van der Waals surface area contributed by atoms with E-state index < -0.39 is 0 Å². The second kappa shape index (κ2) is 4.37. The minimum absolute atomic E-state index is 0.160. The second-order valence-electron chi connectivity index (χ2n) is 4.86. The van der Waals surface area contributed by atoms with Crippen LogP contribution in [0.1, 0.15) is 13.8 Å². The van der Waals surface area contributed by atoms with E-state index in [0.29, 0.717) is 6.54 Å². The summed E-state index contributed by atoms with van der Waals surface area (Å²) in [6.07, 6.45) is 0. The van der Waals surface area contributed by atoms with Crippen LogP contribution in [0.4, 0.5) is 5.69 Å². The molecular formula is C13H18N2O2. The van der Waals surface area contributed by atoms with Crippen LogP contribution in [-0.4, -0.2) is 25.2 Å². The molecule has 1 fully saturated rings. The van der Waals surface area contributed by atoms with Crippen molar-refractivity contribution in [2.45, 2.75) is 19.4 Å². The van der Waals surface area contributed by atoms with Crippen LogP contribution in [0.15, 0.2) is 30.3 Å². The molecule has 0 radical (unpaired) electrons. The van der Waals surface area contributed by atoms with Crippen LogP contribution in [0.5, 0.6) is 0 Å². The molecular weight excluding hydrogens is 216 g/mol. The first-order valence-corrected chi connectivity index (χ1v) is 5.73. The highest BCUT2D eigenvalue weighted by Gasteiger charge is 2.44. The third kappa shape index (κ3) is 2.26. The van der Waals surface area contributed by atoms with Gasteiger partial charge in [0.15, 0.2) is 0 Å². The molecule has 2 rings (SSSR count). The summed E-state index contributed by atoms with van der Waals surface area (Å²) < 4.78 is 4.85. The summed E-state index contributed by atoms with van der Waals surface area (Å²) in [6, 6.07) is 9.97. The smallest absolute Gasteiger partial charge is 0.312 e. The van der Waals surface area contributed by atoms with Crippen LogP contribution in [-0.2, 0) is 9.53 Å². The lowest BCUT2D eigenvalue weighted by Crippen LogP contribution is -2.45. The quantitative estimate of drug-likeness (QED) is 0.789. The molecule has 17 heavy (non-hydrogen) atoms. The molecule has 1 aliphatic heterocycles. The summed E-state index contributed by atoms with van der Waals surface area (Å²) in [7, 11) is 1.43. The van der Waals surface area contributed by atoms with Gasteiger partial charge >= 0.3 is 5.97 Å². The van der Waals surface area contributed by atoms with E-state index in [-0.39, 0.29) is 17.4 Å². The lowest BCUT2D eigenvalue weighted by molar-refractivity contribution is -0.146. The molecule has 1 aromatic carbocycles. The van der Waals surface area contributed by atoms with Crippen molar-refractivity contribution in [1.82, 2.24) is 5.43 Å². The zero-order chi connectivity index (χ0) is 12.5. The molecule has 0 aliphatic carbocycles. The Labute approximate surface area is 102 Å². The molecule has 0 bridgehead atoms. The molecule has 1 heterocycles. The number of nitrogens with one attached hydrogen (secondary N) is 1. The first kappa shape index (κ1) is 11.9. The van der Waals surface area contributed by atoms with Crippen LogP contribution >= 0.6 is 0 Å². The Morgan fingerprint density at radius 2 is 2.06 bits per heavy atom. The van der Waals surface area contributed by atoms with Gasteiger partial charge in [-0.15, -0.1) is 0 Å². The predicted molar refractivity (Wildman–Crippen MR) is 66.5 cm³/mol. The van der Waals surface area contributed by atoms with E-state index in [9.17, 15) is 4.79 Å². The Hall–Kier alpha value is -1.55. The number of hydrazine groups is 1. The van der Waals surface area contributed by atoms with Crippen molar-refractivity contribution in [2.24, 2.45) is 5.92 Å². The minimum atomic E-state index is -0.289. The van der Waals surface area contributed by atoms with Crippen molar-refractivity contribution in [3.05, 3.63) is 30.3 Å². The zero-order valence-electron chi connectivity index (χ0n) is 10.4. The maximum Gasteiger partial charge on any atom is 0.312 e. The van der Waals surface area contributed by atoms with Crippen molar-refractivity contribution in [3.8, 4) is 0 Å². The van der Waals surface area contributed by atoms with Gasteiger partial charge in [-0.05, 0) is 26.0 Å². The molecule has 1 saturated heterocycles. The van der Waals surface area contributed by atoms with E-state index in [2.05, 4.69) is 5.43 Å². The van der Waals surface area contributed by atoms with Crippen LogP contribution in [0.25, 0.3) is 0 Å². The normalized spacial score (nSPS) is 22.5. The van der Waals surface area contributed by atoms with E-state index >= 15 is 0 Å². The number of para-hydroxylation sites is 1. The summed E-state index contributed by atoms with van der Waals surface area (Å²) in [5, 5.41) is 2.00. The number of rotatable bonds is 2. The van der Waals surface area contributed by atoms with Crippen LogP contribution in [0, 0.1) is 5.92 Å². The van der Waals surface area contributed by atoms with Crippen molar-refractivity contribution in [1.29, 1.82) is 0 Å². The largest absolute Gasteiger partial charge is 0.469 e. The molecule has 4 nitrogen and oxygen atoms in total. The molecule has 0 spiro atoms. The Morgan fingerprint density at radius 3 is 2.65 bits per heavy atom. The second-order valence-corrected chi connectivity index (χ2v) is 4.86. The monoisotopic (exact) mass is 234 g/mol. The summed E-state index contributed by atoms with van der Waals surface area (Å²) in [5.41, 5.74) is 4.12. The number of benzene rings is 1. The van der Waals surface area contributed by atoms with E-state index in [4.69, 9.17) is 4.74 Å². The van der Waals surface area contributed by atoms with Crippen LogP contribution in [0.2, 0.25) is 0 Å². The molecule has 0 amide bonds. The highest BCUT2D eigenvalue weighted by Crippen LogP contribution is 2.29. The predicted octanol–water partition coefficient (Wildman–Crippen LogP) is 1.58. The molecule has 0 aromatic heterocycles. The highest BCUT2D eigenvalue weighted by molar-refractivity contribution is 5.75. The van der Waals surface area contributed by atoms with E-state index in [1.54, 1.807) is 0 Å². The topological polar surface area (TPSA) is 41.6 Å². The average Bonchev–Trinajstić information content (AvgIpc) is 2.65. The van der Waals surface area contributed by atoms with Gasteiger partial charge in [0.2, 0.25) is 0 Å².